The van der Waals surface area contributed by atoms with Gasteiger partial charge in [0.1, 0.15) is 0 Å². The van der Waals surface area contributed by atoms with Gasteiger partial charge in [-0.1, -0.05) is 55.0 Å². The molecule has 2 nitrogen and oxygen atoms in total. The number of ether oxygens (including phenoxy) is 1. The van der Waals surface area contributed by atoms with Gasteiger partial charge in [-0.25, -0.2) is 0 Å². The van der Waals surface area contributed by atoms with Crippen molar-refractivity contribution in [3.05, 3.63) is 0 Å². The predicted octanol–water partition coefficient (Wildman–Crippen LogP) is 4.61. The van der Waals surface area contributed by atoms with Crippen molar-refractivity contribution in [3.8, 4) is 0 Å². The Kier molecular flexibility index (Phi) is 11.2. The van der Waals surface area contributed by atoms with Crippen molar-refractivity contribution in [1.29, 1.82) is 0 Å². The van der Waals surface area contributed by atoms with E-state index < -0.39 is 0 Å². The summed E-state index contributed by atoms with van der Waals surface area (Å²) < 4.78 is 5.82. The molecule has 1 unspecified atom stereocenters. The maximum absolute atomic E-state index is 5.82. The lowest BCUT2D eigenvalue weighted by Crippen LogP contribution is -2.32. The molecule has 0 aromatic carbocycles. The van der Waals surface area contributed by atoms with Crippen LogP contribution in [0.3, 0.4) is 0 Å². The van der Waals surface area contributed by atoms with Crippen molar-refractivity contribution < 1.29 is 4.74 Å². The molecule has 0 bridgehead atoms. The lowest BCUT2D eigenvalue weighted by molar-refractivity contribution is 0.0517. The number of halogens is 1. The summed E-state index contributed by atoms with van der Waals surface area (Å²) in [6.07, 6.45) is 12.6. The lowest BCUT2D eigenvalue weighted by atomic mass is 10.1. The molecule has 1 heterocycles. The van der Waals surface area contributed by atoms with E-state index in [2.05, 4.69) is 27.8 Å². The van der Waals surface area contributed by atoms with Crippen LogP contribution in [0.2, 0.25) is 0 Å². The van der Waals surface area contributed by atoms with Crippen LogP contribution in [0.1, 0.15) is 64.7 Å². The molecule has 1 saturated heterocycles. The van der Waals surface area contributed by atoms with Gasteiger partial charge in [-0.15, -0.1) is 0 Å². The number of alkyl halides is 1. The van der Waals surface area contributed by atoms with E-state index in [4.69, 9.17) is 4.74 Å². The number of unbranched alkanes of at least 4 members (excludes halogenated alkanes) is 6. The van der Waals surface area contributed by atoms with E-state index in [0.717, 1.165) is 19.6 Å². The minimum atomic E-state index is 0.478. The van der Waals surface area contributed by atoms with Crippen molar-refractivity contribution in [2.45, 2.75) is 70.8 Å². The van der Waals surface area contributed by atoms with Crippen molar-refractivity contribution in [3.63, 3.8) is 0 Å². The van der Waals surface area contributed by atoms with Crippen LogP contribution < -0.4 is 0 Å². The molecule has 0 aliphatic carbocycles. The maximum atomic E-state index is 5.82. The lowest BCUT2D eigenvalue weighted by Gasteiger charge is -2.22. The van der Waals surface area contributed by atoms with E-state index in [1.807, 2.05) is 0 Å². The zero-order valence-electron chi connectivity index (χ0n) is 12.7. The van der Waals surface area contributed by atoms with E-state index in [-0.39, 0.29) is 0 Å². The Hall–Kier alpha value is 0.400. The second-order valence-corrected chi connectivity index (χ2v) is 6.51. The first-order valence-electron chi connectivity index (χ1n) is 8.26. The molecule has 1 atom stereocenters. The predicted molar refractivity (Wildman–Crippen MR) is 87.2 cm³/mol. The number of hydrogen-bond acceptors (Lipinski definition) is 2. The fraction of sp³-hybridized carbons (Fsp3) is 1.00. The maximum Gasteiger partial charge on any atom is 0.0699 e. The molecule has 0 aromatic rings. The average molecular weight is 334 g/mol. The Labute approximate surface area is 128 Å². The summed E-state index contributed by atoms with van der Waals surface area (Å²) in [6, 6.07) is 0. The van der Waals surface area contributed by atoms with E-state index in [0.29, 0.717) is 6.10 Å². The Morgan fingerprint density at radius 1 is 1.05 bits per heavy atom. The molecule has 0 aromatic heterocycles. The van der Waals surface area contributed by atoms with Crippen molar-refractivity contribution >= 4 is 15.9 Å². The number of nitrogens with zero attached hydrogens (tertiary/aromatic N) is 1. The third-order valence-electron chi connectivity index (χ3n) is 4.00. The topological polar surface area (TPSA) is 12.5 Å². The van der Waals surface area contributed by atoms with Crippen LogP contribution in [-0.4, -0.2) is 42.6 Å². The summed E-state index contributed by atoms with van der Waals surface area (Å²) in [5, 5.41) is 1.17. The minimum Gasteiger partial charge on any atom is -0.377 e. The molecule has 19 heavy (non-hydrogen) atoms. The van der Waals surface area contributed by atoms with Gasteiger partial charge in [0.15, 0.2) is 0 Å². The molecule has 1 aliphatic rings. The highest BCUT2D eigenvalue weighted by atomic mass is 79.9. The van der Waals surface area contributed by atoms with Gasteiger partial charge in [-0.3, -0.25) is 0 Å². The van der Waals surface area contributed by atoms with Crippen LogP contribution in [0.15, 0.2) is 0 Å². The summed E-state index contributed by atoms with van der Waals surface area (Å²) in [7, 11) is 0. The Morgan fingerprint density at radius 2 is 1.74 bits per heavy atom. The molecule has 3 heteroatoms. The van der Waals surface area contributed by atoms with Crippen LogP contribution in [0.5, 0.6) is 0 Å². The molecule has 0 saturated carbocycles. The van der Waals surface area contributed by atoms with E-state index in [1.165, 1.54) is 69.8 Å². The summed E-state index contributed by atoms with van der Waals surface area (Å²) in [6.45, 7) is 6.87. The fourth-order valence-electron chi connectivity index (χ4n) is 2.73. The van der Waals surface area contributed by atoms with Crippen LogP contribution >= 0.6 is 15.9 Å². The van der Waals surface area contributed by atoms with Gasteiger partial charge in [0.2, 0.25) is 0 Å². The van der Waals surface area contributed by atoms with Gasteiger partial charge in [-0.2, -0.15) is 0 Å². The Bertz CT molecular complexity index is 201. The second-order valence-electron chi connectivity index (χ2n) is 5.72. The summed E-state index contributed by atoms with van der Waals surface area (Å²) in [5.41, 5.74) is 0. The zero-order valence-corrected chi connectivity index (χ0v) is 14.3. The summed E-state index contributed by atoms with van der Waals surface area (Å²) in [5.74, 6) is 0. The van der Waals surface area contributed by atoms with Gasteiger partial charge in [0.25, 0.3) is 0 Å². The number of rotatable bonds is 10. The monoisotopic (exact) mass is 333 g/mol. The van der Waals surface area contributed by atoms with Crippen LogP contribution in [0.25, 0.3) is 0 Å². The normalized spacial score (nSPS) is 21.5. The fourth-order valence-corrected chi connectivity index (χ4v) is 3.13. The van der Waals surface area contributed by atoms with Crippen molar-refractivity contribution in [1.82, 2.24) is 4.90 Å². The molecule has 1 rings (SSSR count). The minimum absolute atomic E-state index is 0.478. The van der Waals surface area contributed by atoms with Crippen LogP contribution in [0.4, 0.5) is 0 Å². The molecule has 0 spiro atoms. The smallest absolute Gasteiger partial charge is 0.0699 e. The molecule has 0 N–H and O–H groups in total. The summed E-state index contributed by atoms with van der Waals surface area (Å²) in [4.78, 5) is 2.62. The largest absolute Gasteiger partial charge is 0.377 e. The van der Waals surface area contributed by atoms with Gasteiger partial charge in [0, 0.05) is 25.0 Å². The molecule has 1 fully saturated rings. The molecule has 0 amide bonds. The van der Waals surface area contributed by atoms with Gasteiger partial charge in [0.05, 0.1) is 6.10 Å². The molecular formula is C16H32BrNO. The standard InChI is InChI=1S/C16H32BrNO/c1-2-16-15-18(13-10-14-19-16)12-9-7-5-3-4-6-8-11-17/h16H,2-15H2,1H3. The summed E-state index contributed by atoms with van der Waals surface area (Å²) >= 11 is 3.49. The third kappa shape index (κ3) is 9.04. The zero-order chi connectivity index (χ0) is 13.8. The quantitative estimate of drug-likeness (QED) is 0.427. The highest BCUT2D eigenvalue weighted by Gasteiger charge is 2.16. The first kappa shape index (κ1) is 17.5. The van der Waals surface area contributed by atoms with Gasteiger partial charge < -0.3 is 9.64 Å². The van der Waals surface area contributed by atoms with Crippen molar-refractivity contribution in [2.75, 3.05) is 31.6 Å². The van der Waals surface area contributed by atoms with E-state index in [1.54, 1.807) is 0 Å². The van der Waals surface area contributed by atoms with E-state index >= 15 is 0 Å². The van der Waals surface area contributed by atoms with E-state index in [9.17, 15) is 0 Å². The second kappa shape index (κ2) is 12.2. The van der Waals surface area contributed by atoms with Crippen LogP contribution in [-0.2, 0) is 4.74 Å². The Morgan fingerprint density at radius 3 is 2.42 bits per heavy atom. The molecule has 114 valence electrons. The highest BCUT2D eigenvalue weighted by Crippen LogP contribution is 2.12. The first-order valence-corrected chi connectivity index (χ1v) is 9.39. The van der Waals surface area contributed by atoms with Crippen LogP contribution in [0, 0.1) is 0 Å². The average Bonchev–Trinajstić information content (AvgIpc) is 2.67. The third-order valence-corrected chi connectivity index (χ3v) is 4.56. The highest BCUT2D eigenvalue weighted by molar-refractivity contribution is 9.09. The van der Waals surface area contributed by atoms with Gasteiger partial charge in [-0.05, 0) is 32.2 Å². The van der Waals surface area contributed by atoms with Crippen molar-refractivity contribution in [2.24, 2.45) is 0 Å². The Balaban J connectivity index is 1.95. The van der Waals surface area contributed by atoms with Gasteiger partial charge >= 0.3 is 0 Å². The number of hydrogen-bond donors (Lipinski definition) is 0. The SMILES string of the molecule is CCC1CN(CCCCCCCCCBr)CCCO1. The molecule has 1 aliphatic heterocycles. The first-order chi connectivity index (χ1) is 9.36. The molecule has 0 radical (unpaired) electrons. The molecular weight excluding hydrogens is 302 g/mol.